The first-order chi connectivity index (χ1) is 9.91. The molecule has 1 atom stereocenters. The highest BCUT2D eigenvalue weighted by Gasteiger charge is 2.33. The first-order valence-corrected chi connectivity index (χ1v) is 9.54. The quantitative estimate of drug-likeness (QED) is 0.899. The van der Waals surface area contributed by atoms with Crippen LogP contribution in [0.2, 0.25) is 0 Å². The molecule has 1 aromatic heterocycles. The second-order valence-corrected chi connectivity index (χ2v) is 8.51. The largest absolute Gasteiger partial charge is 0.356 e. The Bertz CT molecular complexity index is 595. The van der Waals surface area contributed by atoms with Crippen LogP contribution >= 0.6 is 11.3 Å². The molecule has 0 saturated carbocycles. The minimum Gasteiger partial charge on any atom is -0.356 e. The summed E-state index contributed by atoms with van der Waals surface area (Å²) in [6, 6.07) is 1.72. The predicted octanol–water partition coefficient (Wildman–Crippen LogP) is 2.13. The summed E-state index contributed by atoms with van der Waals surface area (Å²) < 4.78 is 27.6. The van der Waals surface area contributed by atoms with Gasteiger partial charge in [-0.15, -0.1) is 11.3 Å². The molecule has 2 heterocycles. The van der Waals surface area contributed by atoms with Crippen molar-refractivity contribution in [3.63, 3.8) is 0 Å². The van der Waals surface area contributed by atoms with Crippen molar-refractivity contribution in [2.45, 2.75) is 49.8 Å². The van der Waals surface area contributed by atoms with Gasteiger partial charge in [-0.25, -0.2) is 8.42 Å². The maximum atomic E-state index is 12.8. The van der Waals surface area contributed by atoms with E-state index in [0.29, 0.717) is 23.7 Å². The van der Waals surface area contributed by atoms with E-state index in [1.165, 1.54) is 18.3 Å². The molecule has 1 amide bonds. The third kappa shape index (κ3) is 4.05. The van der Waals surface area contributed by atoms with Gasteiger partial charge in [0.05, 0.1) is 0 Å². The molecule has 0 aliphatic carbocycles. The van der Waals surface area contributed by atoms with E-state index >= 15 is 0 Å². The maximum Gasteiger partial charge on any atom is 0.252 e. The summed E-state index contributed by atoms with van der Waals surface area (Å²) in [4.78, 5) is 10.9. The number of hydrogen-bond donors (Lipinski definition) is 1. The number of nitrogens with zero attached hydrogens (tertiary/aromatic N) is 1. The summed E-state index contributed by atoms with van der Waals surface area (Å²) in [5, 5.41) is 4.62. The number of piperidine rings is 1. The summed E-state index contributed by atoms with van der Waals surface area (Å²) in [6.07, 6.45) is 3.48. The summed E-state index contributed by atoms with van der Waals surface area (Å²) in [5.41, 5.74) is 0.977. The normalized spacial score (nSPS) is 20.4. The van der Waals surface area contributed by atoms with Gasteiger partial charge in [0, 0.05) is 26.1 Å². The van der Waals surface area contributed by atoms with E-state index in [1.807, 2.05) is 12.3 Å². The number of aryl methyl sites for hydroxylation is 1. The number of sulfonamides is 1. The van der Waals surface area contributed by atoms with Crippen LogP contribution in [0, 0.1) is 6.92 Å². The minimum atomic E-state index is -3.40. The Hall–Kier alpha value is -0.920. The average Bonchev–Trinajstić information content (AvgIpc) is 2.86. The molecular weight excluding hydrogens is 308 g/mol. The molecule has 1 N–H and O–H groups in total. The van der Waals surface area contributed by atoms with Gasteiger partial charge in [0.15, 0.2) is 0 Å². The van der Waals surface area contributed by atoms with Gasteiger partial charge < -0.3 is 5.32 Å². The van der Waals surface area contributed by atoms with Crippen LogP contribution in [0.25, 0.3) is 0 Å². The van der Waals surface area contributed by atoms with Crippen LogP contribution in [-0.2, 0) is 14.8 Å². The number of hydrogen-bond acceptors (Lipinski definition) is 4. The zero-order valence-electron chi connectivity index (χ0n) is 12.5. The van der Waals surface area contributed by atoms with E-state index in [1.54, 1.807) is 10.4 Å². The number of carbonyl (C=O) groups is 1. The fourth-order valence-corrected chi connectivity index (χ4v) is 5.73. The Morgan fingerprint density at radius 1 is 1.48 bits per heavy atom. The third-order valence-corrected chi connectivity index (χ3v) is 7.18. The Morgan fingerprint density at radius 3 is 2.86 bits per heavy atom. The fourth-order valence-electron chi connectivity index (χ4n) is 2.65. The molecule has 1 aromatic rings. The lowest BCUT2D eigenvalue weighted by Gasteiger charge is -2.34. The van der Waals surface area contributed by atoms with Gasteiger partial charge in [-0.3, -0.25) is 4.79 Å². The molecule has 118 valence electrons. The van der Waals surface area contributed by atoms with Crippen LogP contribution < -0.4 is 5.32 Å². The lowest BCUT2D eigenvalue weighted by atomic mass is 10.0. The molecular formula is C14H22N2O3S2. The van der Waals surface area contributed by atoms with Crippen molar-refractivity contribution in [3.8, 4) is 0 Å². The van der Waals surface area contributed by atoms with E-state index in [4.69, 9.17) is 0 Å². The summed E-state index contributed by atoms with van der Waals surface area (Å²) in [6.45, 7) is 4.48. The number of rotatable bonds is 5. The molecule has 1 fully saturated rings. The molecule has 1 aliphatic rings. The number of amides is 1. The van der Waals surface area contributed by atoms with E-state index in [0.717, 1.165) is 24.8 Å². The molecule has 1 unspecified atom stereocenters. The molecule has 1 aliphatic heterocycles. The molecule has 1 saturated heterocycles. The van der Waals surface area contributed by atoms with Gasteiger partial charge in [-0.2, -0.15) is 4.31 Å². The molecule has 0 spiro atoms. The zero-order valence-corrected chi connectivity index (χ0v) is 14.1. The molecule has 5 nitrogen and oxygen atoms in total. The highest BCUT2D eigenvalue weighted by molar-refractivity contribution is 7.91. The van der Waals surface area contributed by atoms with Gasteiger partial charge in [-0.05, 0) is 43.2 Å². The van der Waals surface area contributed by atoms with E-state index < -0.39 is 10.0 Å². The van der Waals surface area contributed by atoms with Crippen molar-refractivity contribution in [3.05, 3.63) is 17.0 Å². The molecule has 0 radical (unpaired) electrons. The van der Waals surface area contributed by atoms with Gasteiger partial charge in [0.25, 0.3) is 10.0 Å². The Labute approximate surface area is 130 Å². The van der Waals surface area contributed by atoms with Crippen molar-refractivity contribution < 1.29 is 13.2 Å². The van der Waals surface area contributed by atoms with Crippen LogP contribution in [-0.4, -0.2) is 37.8 Å². The molecule has 0 bridgehead atoms. The highest BCUT2D eigenvalue weighted by atomic mass is 32.2. The van der Waals surface area contributed by atoms with Crippen LogP contribution in [0.15, 0.2) is 15.7 Å². The van der Waals surface area contributed by atoms with Crippen molar-refractivity contribution in [2.75, 3.05) is 13.1 Å². The first kappa shape index (κ1) is 16.5. The van der Waals surface area contributed by atoms with Gasteiger partial charge in [0.1, 0.15) is 4.21 Å². The van der Waals surface area contributed by atoms with Crippen molar-refractivity contribution in [2.24, 2.45) is 0 Å². The average molecular weight is 330 g/mol. The monoisotopic (exact) mass is 330 g/mol. The van der Waals surface area contributed by atoms with Crippen molar-refractivity contribution >= 4 is 27.3 Å². The first-order valence-electron chi connectivity index (χ1n) is 7.22. The van der Waals surface area contributed by atoms with Crippen molar-refractivity contribution in [1.29, 1.82) is 0 Å². The SMILES string of the molecule is CC(=O)NCCC1CCCCN1S(=O)(=O)c1cc(C)cs1. The number of thiophene rings is 1. The number of nitrogens with one attached hydrogen (secondary N) is 1. The second-order valence-electron chi connectivity index (χ2n) is 5.48. The Balaban J connectivity index is 2.12. The van der Waals surface area contributed by atoms with E-state index in [2.05, 4.69) is 5.32 Å². The van der Waals surface area contributed by atoms with Gasteiger partial charge in [-0.1, -0.05) is 6.42 Å². The fraction of sp³-hybridized carbons (Fsp3) is 0.643. The van der Waals surface area contributed by atoms with Crippen LogP contribution in [0.3, 0.4) is 0 Å². The standard InChI is InChI=1S/C14H22N2O3S2/c1-11-9-14(20-10-11)21(18,19)16-8-4-3-5-13(16)6-7-15-12(2)17/h9-10,13H,3-8H2,1-2H3,(H,15,17). The smallest absolute Gasteiger partial charge is 0.252 e. The number of carbonyl (C=O) groups excluding carboxylic acids is 1. The molecule has 21 heavy (non-hydrogen) atoms. The molecule has 7 heteroatoms. The molecule has 0 aromatic carbocycles. The zero-order chi connectivity index (χ0) is 15.5. The van der Waals surface area contributed by atoms with Crippen LogP contribution in [0.5, 0.6) is 0 Å². The Morgan fingerprint density at radius 2 is 2.24 bits per heavy atom. The Kier molecular flexibility index (Phi) is 5.40. The minimum absolute atomic E-state index is 0.0157. The summed E-state index contributed by atoms with van der Waals surface area (Å²) >= 11 is 1.28. The van der Waals surface area contributed by atoms with Gasteiger partial charge >= 0.3 is 0 Å². The van der Waals surface area contributed by atoms with Crippen LogP contribution in [0.4, 0.5) is 0 Å². The predicted molar refractivity (Wildman–Crippen MR) is 83.9 cm³/mol. The van der Waals surface area contributed by atoms with E-state index in [-0.39, 0.29) is 11.9 Å². The van der Waals surface area contributed by atoms with Crippen LogP contribution in [0.1, 0.15) is 38.2 Å². The lowest BCUT2D eigenvalue weighted by Crippen LogP contribution is -2.44. The van der Waals surface area contributed by atoms with Crippen molar-refractivity contribution in [1.82, 2.24) is 9.62 Å². The summed E-state index contributed by atoms with van der Waals surface area (Å²) in [7, 11) is -3.40. The second kappa shape index (κ2) is 6.89. The molecule has 2 rings (SSSR count). The highest BCUT2D eigenvalue weighted by Crippen LogP contribution is 2.30. The van der Waals surface area contributed by atoms with E-state index in [9.17, 15) is 13.2 Å². The maximum absolute atomic E-state index is 12.8. The topological polar surface area (TPSA) is 66.5 Å². The summed E-state index contributed by atoms with van der Waals surface area (Å²) in [5.74, 6) is -0.0749. The van der Waals surface area contributed by atoms with Gasteiger partial charge in [0.2, 0.25) is 5.91 Å². The lowest BCUT2D eigenvalue weighted by molar-refractivity contribution is -0.119. The third-order valence-electron chi connectivity index (χ3n) is 3.69.